The molecule has 0 spiro atoms. The predicted molar refractivity (Wildman–Crippen MR) is 61.1 cm³/mol. The maximum atomic E-state index is 11.8. The topological polar surface area (TPSA) is 70.8 Å². The summed E-state index contributed by atoms with van der Waals surface area (Å²) in [7, 11) is -3.42. The number of halogens is 1. The van der Waals surface area contributed by atoms with E-state index in [1.165, 1.54) is 6.07 Å². The summed E-state index contributed by atoms with van der Waals surface area (Å²) < 4.78 is 23.6. The number of nitrogens with zero attached hydrogens (tertiary/aromatic N) is 2. The lowest BCUT2D eigenvalue weighted by atomic mass is 10.2. The van der Waals surface area contributed by atoms with Crippen LogP contribution in [-0.4, -0.2) is 25.0 Å². The van der Waals surface area contributed by atoms with Crippen molar-refractivity contribution in [2.75, 3.05) is 11.6 Å². The van der Waals surface area contributed by atoms with Crippen LogP contribution in [0.5, 0.6) is 0 Å². The summed E-state index contributed by atoms with van der Waals surface area (Å²) in [6.45, 7) is 1.65. The SMILES string of the molecule is Cc1cc(C#N)cc(S(=O)(=O)CCCCl)n1. The van der Waals surface area contributed by atoms with Crippen LogP contribution in [0.4, 0.5) is 0 Å². The molecule has 0 N–H and O–H groups in total. The number of nitriles is 1. The maximum absolute atomic E-state index is 11.8. The van der Waals surface area contributed by atoms with E-state index in [9.17, 15) is 8.42 Å². The molecule has 1 heterocycles. The highest BCUT2D eigenvalue weighted by molar-refractivity contribution is 7.91. The zero-order chi connectivity index (χ0) is 12.2. The molecule has 1 aromatic heterocycles. The summed E-state index contributed by atoms with van der Waals surface area (Å²) in [5.41, 5.74) is 0.820. The van der Waals surface area contributed by atoms with Crippen molar-refractivity contribution in [2.24, 2.45) is 0 Å². The van der Waals surface area contributed by atoms with Crippen molar-refractivity contribution in [1.29, 1.82) is 5.26 Å². The van der Waals surface area contributed by atoms with Gasteiger partial charge in [-0.1, -0.05) is 0 Å². The third kappa shape index (κ3) is 3.19. The van der Waals surface area contributed by atoms with E-state index in [0.29, 0.717) is 17.7 Å². The van der Waals surface area contributed by atoms with Gasteiger partial charge in [0.1, 0.15) is 0 Å². The summed E-state index contributed by atoms with van der Waals surface area (Å²) >= 11 is 5.45. The second-order valence-electron chi connectivity index (χ2n) is 3.31. The minimum absolute atomic E-state index is 0.0438. The van der Waals surface area contributed by atoms with E-state index in [2.05, 4.69) is 4.98 Å². The summed E-state index contributed by atoms with van der Waals surface area (Å²) in [5, 5.41) is 8.69. The summed E-state index contributed by atoms with van der Waals surface area (Å²) in [6.07, 6.45) is 0.376. The Hall–Kier alpha value is -1.12. The Balaban J connectivity index is 3.14. The first-order chi connectivity index (χ1) is 7.49. The van der Waals surface area contributed by atoms with Crippen LogP contribution in [0.1, 0.15) is 17.7 Å². The van der Waals surface area contributed by atoms with Crippen molar-refractivity contribution in [1.82, 2.24) is 4.98 Å². The molecule has 0 saturated heterocycles. The standard InChI is InChI=1S/C10H11ClN2O2S/c1-8-5-9(7-12)6-10(13-8)16(14,15)4-2-3-11/h5-6H,2-4H2,1H3. The van der Waals surface area contributed by atoms with Gasteiger partial charge in [0, 0.05) is 11.6 Å². The Labute approximate surface area is 99.8 Å². The monoisotopic (exact) mass is 258 g/mol. The molecule has 86 valence electrons. The van der Waals surface area contributed by atoms with Gasteiger partial charge >= 0.3 is 0 Å². The normalized spacial score (nSPS) is 11.1. The fourth-order valence-electron chi connectivity index (χ4n) is 1.21. The van der Waals surface area contributed by atoms with Gasteiger partial charge in [-0.15, -0.1) is 11.6 Å². The molecule has 0 saturated carbocycles. The molecule has 1 rings (SSSR count). The van der Waals surface area contributed by atoms with Gasteiger partial charge in [-0.05, 0) is 25.5 Å². The number of alkyl halides is 1. The Kier molecular flexibility index (Phi) is 4.27. The summed E-state index contributed by atoms with van der Waals surface area (Å²) in [4.78, 5) is 3.92. The molecule has 1 aromatic rings. The molecule has 0 aliphatic carbocycles. The first-order valence-electron chi connectivity index (χ1n) is 4.67. The Morgan fingerprint density at radius 2 is 2.19 bits per heavy atom. The number of hydrogen-bond acceptors (Lipinski definition) is 4. The second kappa shape index (κ2) is 5.28. The number of pyridine rings is 1. The maximum Gasteiger partial charge on any atom is 0.195 e. The fourth-order valence-corrected chi connectivity index (χ4v) is 2.83. The van der Waals surface area contributed by atoms with Gasteiger partial charge in [0.15, 0.2) is 14.9 Å². The third-order valence-corrected chi connectivity index (χ3v) is 3.86. The van der Waals surface area contributed by atoms with Crippen LogP contribution in [0.2, 0.25) is 0 Å². The zero-order valence-corrected chi connectivity index (χ0v) is 10.3. The predicted octanol–water partition coefficient (Wildman–Crippen LogP) is 1.66. The highest BCUT2D eigenvalue weighted by atomic mass is 35.5. The van der Waals surface area contributed by atoms with Gasteiger partial charge in [-0.25, -0.2) is 13.4 Å². The van der Waals surface area contributed by atoms with Crippen LogP contribution in [-0.2, 0) is 9.84 Å². The summed E-state index contributed by atoms with van der Waals surface area (Å²) in [6, 6.07) is 4.74. The van der Waals surface area contributed by atoms with Crippen LogP contribution < -0.4 is 0 Å². The highest BCUT2D eigenvalue weighted by Crippen LogP contribution is 2.13. The fraction of sp³-hybridized carbons (Fsp3) is 0.400. The molecule has 16 heavy (non-hydrogen) atoms. The van der Waals surface area contributed by atoms with Gasteiger partial charge in [0.25, 0.3) is 0 Å². The third-order valence-electron chi connectivity index (χ3n) is 1.92. The van der Waals surface area contributed by atoms with Crippen molar-refractivity contribution in [3.05, 3.63) is 23.4 Å². The van der Waals surface area contributed by atoms with Gasteiger partial charge in [-0.2, -0.15) is 5.26 Å². The minimum Gasteiger partial charge on any atom is -0.241 e. The van der Waals surface area contributed by atoms with E-state index < -0.39 is 9.84 Å². The van der Waals surface area contributed by atoms with Crippen LogP contribution in [0.15, 0.2) is 17.2 Å². The van der Waals surface area contributed by atoms with Crippen LogP contribution in [0, 0.1) is 18.3 Å². The van der Waals surface area contributed by atoms with Gasteiger partial charge in [-0.3, -0.25) is 0 Å². The van der Waals surface area contributed by atoms with Crippen molar-refractivity contribution in [2.45, 2.75) is 18.4 Å². The molecular formula is C10H11ClN2O2S. The molecule has 0 bridgehead atoms. The quantitative estimate of drug-likeness (QED) is 0.770. The van der Waals surface area contributed by atoms with E-state index in [4.69, 9.17) is 16.9 Å². The Morgan fingerprint density at radius 1 is 1.50 bits per heavy atom. The molecular weight excluding hydrogens is 248 g/mol. The number of aryl methyl sites for hydroxylation is 1. The summed E-state index contributed by atoms with van der Waals surface area (Å²) in [5.74, 6) is 0.244. The highest BCUT2D eigenvalue weighted by Gasteiger charge is 2.16. The molecule has 0 unspecified atom stereocenters. The molecule has 0 aromatic carbocycles. The first kappa shape index (κ1) is 12.9. The molecule has 0 aliphatic rings. The smallest absolute Gasteiger partial charge is 0.195 e. The van der Waals surface area contributed by atoms with E-state index in [1.807, 2.05) is 6.07 Å². The largest absolute Gasteiger partial charge is 0.241 e. The molecule has 0 fully saturated rings. The molecule has 0 amide bonds. The Bertz CT molecular complexity index is 520. The van der Waals surface area contributed by atoms with E-state index in [-0.39, 0.29) is 16.7 Å². The van der Waals surface area contributed by atoms with E-state index >= 15 is 0 Å². The molecule has 6 heteroatoms. The second-order valence-corrected chi connectivity index (χ2v) is 5.74. The molecule has 4 nitrogen and oxygen atoms in total. The number of rotatable bonds is 4. The van der Waals surface area contributed by atoms with Crippen LogP contribution in [0.25, 0.3) is 0 Å². The molecule has 0 radical (unpaired) electrons. The van der Waals surface area contributed by atoms with Crippen LogP contribution in [0.3, 0.4) is 0 Å². The van der Waals surface area contributed by atoms with Crippen molar-refractivity contribution < 1.29 is 8.42 Å². The molecule has 0 aliphatic heterocycles. The lowest BCUT2D eigenvalue weighted by Crippen LogP contribution is -2.10. The minimum atomic E-state index is -3.42. The van der Waals surface area contributed by atoms with Crippen LogP contribution >= 0.6 is 11.6 Å². The van der Waals surface area contributed by atoms with Gasteiger partial charge in [0.2, 0.25) is 0 Å². The Morgan fingerprint density at radius 3 is 2.75 bits per heavy atom. The van der Waals surface area contributed by atoms with E-state index in [1.54, 1.807) is 13.0 Å². The number of sulfone groups is 1. The number of aromatic nitrogens is 1. The molecule has 0 atom stereocenters. The zero-order valence-electron chi connectivity index (χ0n) is 8.77. The lowest BCUT2D eigenvalue weighted by Gasteiger charge is -2.03. The number of hydrogen-bond donors (Lipinski definition) is 0. The van der Waals surface area contributed by atoms with E-state index in [0.717, 1.165) is 0 Å². The lowest BCUT2D eigenvalue weighted by molar-refractivity contribution is 0.590. The van der Waals surface area contributed by atoms with Crippen molar-refractivity contribution in [3.8, 4) is 6.07 Å². The van der Waals surface area contributed by atoms with Gasteiger partial charge < -0.3 is 0 Å². The van der Waals surface area contributed by atoms with Crippen molar-refractivity contribution >= 4 is 21.4 Å². The van der Waals surface area contributed by atoms with Gasteiger partial charge in [0.05, 0.1) is 17.4 Å². The average Bonchev–Trinajstić information content (AvgIpc) is 2.25. The average molecular weight is 259 g/mol. The van der Waals surface area contributed by atoms with Crippen molar-refractivity contribution in [3.63, 3.8) is 0 Å². The first-order valence-corrected chi connectivity index (χ1v) is 6.86.